The SMILES string of the molecule is C1COCC[NH2+]1.N#CC1=C2SCCN2C=C(C(=O)[O-])C1c1ccco1. The molecule has 1 aromatic rings. The summed E-state index contributed by atoms with van der Waals surface area (Å²) in [5.74, 6) is -0.666. The minimum atomic E-state index is -1.27. The average molecular weight is 361 g/mol. The predicted octanol–water partition coefficient (Wildman–Crippen LogP) is -0.625. The zero-order chi connectivity index (χ0) is 17.6. The van der Waals surface area contributed by atoms with Gasteiger partial charge in [0.25, 0.3) is 0 Å². The fourth-order valence-electron chi connectivity index (χ4n) is 2.92. The van der Waals surface area contributed by atoms with E-state index < -0.39 is 11.9 Å². The molecule has 0 amide bonds. The Morgan fingerprint density at radius 2 is 2.24 bits per heavy atom. The van der Waals surface area contributed by atoms with Crippen LogP contribution in [-0.4, -0.2) is 49.5 Å². The van der Waals surface area contributed by atoms with Crippen LogP contribution in [0.3, 0.4) is 0 Å². The summed E-state index contributed by atoms with van der Waals surface area (Å²) in [6.45, 7) is 4.90. The molecule has 1 atom stereocenters. The third-order valence-corrected chi connectivity index (χ3v) is 5.19. The number of rotatable bonds is 2. The highest BCUT2D eigenvalue weighted by molar-refractivity contribution is 8.03. The van der Waals surface area contributed by atoms with Crippen molar-refractivity contribution in [3.05, 3.63) is 46.5 Å². The van der Waals surface area contributed by atoms with E-state index >= 15 is 0 Å². The Balaban J connectivity index is 0.000000258. The van der Waals surface area contributed by atoms with Crippen molar-refractivity contribution in [1.82, 2.24) is 4.90 Å². The van der Waals surface area contributed by atoms with Gasteiger partial charge in [0, 0.05) is 24.1 Å². The van der Waals surface area contributed by atoms with Crippen LogP contribution in [0.25, 0.3) is 0 Å². The number of carbonyl (C=O) groups excluding carboxylic acids is 1. The van der Waals surface area contributed by atoms with Crippen molar-refractivity contribution in [3.63, 3.8) is 0 Å². The lowest BCUT2D eigenvalue weighted by Crippen LogP contribution is -2.87. The van der Waals surface area contributed by atoms with Crippen molar-refractivity contribution in [2.24, 2.45) is 0 Å². The number of hydrogen-bond acceptors (Lipinski definition) is 7. The molecule has 25 heavy (non-hydrogen) atoms. The molecule has 1 aromatic heterocycles. The highest BCUT2D eigenvalue weighted by Gasteiger charge is 2.35. The van der Waals surface area contributed by atoms with Crippen LogP contribution in [0.2, 0.25) is 0 Å². The molecule has 0 bridgehead atoms. The molecule has 1 unspecified atom stereocenters. The topological polar surface area (TPSA) is 106 Å². The molecule has 4 rings (SSSR count). The molecule has 0 radical (unpaired) electrons. The van der Waals surface area contributed by atoms with Gasteiger partial charge < -0.3 is 29.3 Å². The smallest absolute Gasteiger partial charge is 0.116 e. The molecule has 4 heterocycles. The Hall–Kier alpha value is -2.21. The Labute approximate surface area is 149 Å². The van der Waals surface area contributed by atoms with Crippen LogP contribution in [0.1, 0.15) is 11.7 Å². The van der Waals surface area contributed by atoms with Gasteiger partial charge in [0.1, 0.15) is 5.76 Å². The van der Waals surface area contributed by atoms with Gasteiger partial charge >= 0.3 is 0 Å². The van der Waals surface area contributed by atoms with Gasteiger partial charge in [-0.25, -0.2) is 0 Å². The second-order valence-electron chi connectivity index (χ2n) is 5.67. The molecule has 0 aromatic carbocycles. The summed E-state index contributed by atoms with van der Waals surface area (Å²) in [4.78, 5) is 13.1. The van der Waals surface area contributed by atoms with E-state index in [1.54, 1.807) is 35.0 Å². The number of thioether (sulfide) groups is 1. The van der Waals surface area contributed by atoms with Gasteiger partial charge in [-0.1, -0.05) is 0 Å². The number of aliphatic carboxylic acids is 1. The molecule has 7 nitrogen and oxygen atoms in total. The number of nitriles is 1. The van der Waals surface area contributed by atoms with Gasteiger partial charge in [0.05, 0.1) is 61.1 Å². The molecule has 0 spiro atoms. The van der Waals surface area contributed by atoms with E-state index in [0.29, 0.717) is 17.9 Å². The molecule has 0 aliphatic carbocycles. The number of allylic oxidation sites excluding steroid dienone is 1. The standard InChI is InChI=1S/C13H10N2O3S.C4H9NO/c14-6-8-11(10-2-1-4-18-10)9(13(16)17)7-15-3-5-19-12(8)15;1-3-6-4-2-5-1/h1-2,4,7,11H,3,5H2,(H,16,17);5H,1-4H2. The fourth-order valence-corrected chi connectivity index (χ4v) is 4.03. The molecule has 132 valence electrons. The lowest BCUT2D eigenvalue weighted by Gasteiger charge is -2.29. The molecule has 2 N–H and O–H groups in total. The number of ether oxygens (including phenoxy) is 1. The van der Waals surface area contributed by atoms with Gasteiger partial charge in [-0.15, -0.1) is 11.8 Å². The first-order valence-electron chi connectivity index (χ1n) is 8.12. The van der Waals surface area contributed by atoms with E-state index in [2.05, 4.69) is 11.4 Å². The quantitative estimate of drug-likeness (QED) is 0.748. The number of carboxylic acids is 1. The summed E-state index contributed by atoms with van der Waals surface area (Å²) in [6.07, 6.45) is 3.02. The van der Waals surface area contributed by atoms with Gasteiger partial charge in [0.15, 0.2) is 0 Å². The molecule has 8 heteroatoms. The van der Waals surface area contributed by atoms with E-state index in [4.69, 9.17) is 9.15 Å². The van der Waals surface area contributed by atoms with Crippen LogP contribution in [0.4, 0.5) is 0 Å². The largest absolute Gasteiger partial charge is 0.545 e. The normalized spacial score (nSPS) is 22.4. The maximum absolute atomic E-state index is 11.3. The Bertz CT molecular complexity index is 705. The van der Waals surface area contributed by atoms with E-state index in [1.165, 1.54) is 6.26 Å². The number of morpholine rings is 1. The first kappa shape index (κ1) is 17.6. The maximum Gasteiger partial charge on any atom is 0.116 e. The van der Waals surface area contributed by atoms with E-state index in [1.807, 2.05) is 0 Å². The molecule has 3 aliphatic rings. The van der Waals surface area contributed by atoms with Crippen molar-refractivity contribution >= 4 is 17.7 Å². The highest BCUT2D eigenvalue weighted by Crippen LogP contribution is 2.44. The summed E-state index contributed by atoms with van der Waals surface area (Å²) in [6, 6.07) is 5.48. The van der Waals surface area contributed by atoms with Crippen molar-refractivity contribution < 1.29 is 24.4 Å². The predicted molar refractivity (Wildman–Crippen MR) is 88.8 cm³/mol. The van der Waals surface area contributed by atoms with Gasteiger partial charge in [-0.2, -0.15) is 5.26 Å². The summed E-state index contributed by atoms with van der Waals surface area (Å²) < 4.78 is 10.3. The van der Waals surface area contributed by atoms with Crippen LogP contribution < -0.4 is 10.4 Å². The lowest BCUT2D eigenvalue weighted by molar-refractivity contribution is -0.670. The molecular weight excluding hydrogens is 342 g/mol. The number of nitrogens with zero attached hydrogens (tertiary/aromatic N) is 2. The minimum absolute atomic E-state index is 0.0674. The fraction of sp³-hybridized carbons (Fsp3) is 0.412. The molecule has 2 saturated heterocycles. The summed E-state index contributed by atoms with van der Waals surface area (Å²) in [5, 5.41) is 23.8. The van der Waals surface area contributed by atoms with Gasteiger partial charge in [0.2, 0.25) is 0 Å². The zero-order valence-corrected chi connectivity index (χ0v) is 14.5. The van der Waals surface area contributed by atoms with E-state index in [-0.39, 0.29) is 5.57 Å². The molecule has 0 saturated carbocycles. The van der Waals surface area contributed by atoms with Gasteiger partial charge in [-0.05, 0) is 12.1 Å². The minimum Gasteiger partial charge on any atom is -0.545 e. The van der Waals surface area contributed by atoms with Crippen molar-refractivity contribution in [2.45, 2.75) is 5.92 Å². The lowest BCUT2D eigenvalue weighted by atomic mass is 9.88. The summed E-state index contributed by atoms with van der Waals surface area (Å²) in [7, 11) is 0. The van der Waals surface area contributed by atoms with Crippen LogP contribution in [0.5, 0.6) is 0 Å². The Kier molecular flexibility index (Phi) is 5.81. The number of furan rings is 1. The van der Waals surface area contributed by atoms with Crippen LogP contribution in [0, 0.1) is 11.3 Å². The van der Waals surface area contributed by atoms with Crippen molar-refractivity contribution in [1.29, 1.82) is 5.26 Å². The third kappa shape index (κ3) is 3.90. The zero-order valence-electron chi connectivity index (χ0n) is 13.6. The van der Waals surface area contributed by atoms with Crippen molar-refractivity contribution in [3.8, 4) is 6.07 Å². The second-order valence-corrected chi connectivity index (χ2v) is 6.75. The number of carboxylic acid groups (broad SMARTS) is 1. The number of fused-ring (bicyclic) bond motifs is 1. The number of carbonyl (C=O) groups is 1. The summed E-state index contributed by atoms with van der Waals surface area (Å²) in [5.41, 5.74) is 0.483. The van der Waals surface area contributed by atoms with Crippen LogP contribution in [-0.2, 0) is 9.53 Å². The number of nitrogens with two attached hydrogens (primary N) is 1. The van der Waals surface area contributed by atoms with E-state index in [0.717, 1.165) is 37.1 Å². The summed E-state index contributed by atoms with van der Waals surface area (Å²) >= 11 is 1.56. The molecule has 2 fully saturated rings. The monoisotopic (exact) mass is 361 g/mol. The maximum atomic E-state index is 11.3. The number of hydrogen-bond donors (Lipinski definition) is 1. The number of quaternary nitrogens is 1. The van der Waals surface area contributed by atoms with Gasteiger partial charge in [-0.3, -0.25) is 0 Å². The Morgan fingerprint density at radius 1 is 1.44 bits per heavy atom. The second kappa shape index (κ2) is 8.25. The molecule has 3 aliphatic heterocycles. The van der Waals surface area contributed by atoms with Crippen LogP contribution >= 0.6 is 11.8 Å². The highest BCUT2D eigenvalue weighted by atomic mass is 32.2. The van der Waals surface area contributed by atoms with Crippen LogP contribution in [0.15, 0.2) is 45.2 Å². The van der Waals surface area contributed by atoms with Crippen molar-refractivity contribution in [2.75, 3.05) is 38.6 Å². The third-order valence-electron chi connectivity index (χ3n) is 4.07. The Morgan fingerprint density at radius 3 is 2.76 bits per heavy atom. The van der Waals surface area contributed by atoms with E-state index in [9.17, 15) is 15.2 Å². The molecular formula is C17H19N3O4S. The first-order valence-corrected chi connectivity index (χ1v) is 9.10. The average Bonchev–Trinajstić information content (AvgIpc) is 3.33. The first-order chi connectivity index (χ1) is 12.2.